The van der Waals surface area contributed by atoms with Crippen LogP contribution in [0.25, 0.3) is 10.2 Å². The molecular formula is C23H29N3OS. The van der Waals surface area contributed by atoms with Crippen molar-refractivity contribution in [3.63, 3.8) is 0 Å². The third-order valence-corrected chi connectivity index (χ3v) is 7.27. The fourth-order valence-electron chi connectivity index (χ4n) is 4.29. The first-order valence-corrected chi connectivity index (χ1v) is 11.0. The van der Waals surface area contributed by atoms with Crippen LogP contribution in [-0.2, 0) is 25.7 Å². The van der Waals surface area contributed by atoms with Crippen LogP contribution in [0.2, 0.25) is 0 Å². The second-order valence-corrected chi connectivity index (χ2v) is 10.1. The number of hydrogen-bond acceptors (Lipinski definition) is 4. The summed E-state index contributed by atoms with van der Waals surface area (Å²) in [5.41, 5.74) is 2.71. The van der Waals surface area contributed by atoms with Crippen LogP contribution in [0.1, 0.15) is 55.4 Å². The van der Waals surface area contributed by atoms with E-state index in [9.17, 15) is 4.79 Å². The van der Waals surface area contributed by atoms with Crippen molar-refractivity contribution in [2.45, 2.75) is 59.3 Å². The van der Waals surface area contributed by atoms with E-state index < -0.39 is 0 Å². The number of rotatable bonds is 4. The van der Waals surface area contributed by atoms with Crippen LogP contribution in [0.15, 0.2) is 35.1 Å². The van der Waals surface area contributed by atoms with Gasteiger partial charge >= 0.3 is 0 Å². The minimum Gasteiger partial charge on any atom is -0.335 e. The number of nitrogens with two attached hydrogens (primary N) is 1. The number of aryl methyl sites for hydroxylation is 3. The Morgan fingerprint density at radius 2 is 1.96 bits per heavy atom. The zero-order chi connectivity index (χ0) is 19.9. The number of hydrogen-bond donors (Lipinski definition) is 1. The first kappa shape index (κ1) is 19.2. The molecular weight excluding hydrogens is 366 g/mol. The predicted molar refractivity (Wildman–Crippen MR) is 117 cm³/mol. The number of thiophene rings is 1. The highest BCUT2D eigenvalue weighted by Crippen LogP contribution is 2.42. The van der Waals surface area contributed by atoms with Gasteiger partial charge in [-0.05, 0) is 54.6 Å². The van der Waals surface area contributed by atoms with Gasteiger partial charge in [0.15, 0.2) is 0 Å². The largest absolute Gasteiger partial charge is 0.335 e. The Hall–Kier alpha value is -2.14. The lowest BCUT2D eigenvalue weighted by atomic mass is 9.72. The van der Waals surface area contributed by atoms with Gasteiger partial charge in [-0.15, -0.1) is 11.3 Å². The summed E-state index contributed by atoms with van der Waals surface area (Å²) >= 11 is 1.71. The number of fused-ring (bicyclic) bond motifs is 3. The van der Waals surface area contributed by atoms with Gasteiger partial charge in [0, 0.05) is 11.3 Å². The second-order valence-electron chi connectivity index (χ2n) is 9.03. The van der Waals surface area contributed by atoms with Crippen LogP contribution < -0.4 is 11.4 Å². The molecule has 5 heteroatoms. The van der Waals surface area contributed by atoms with Crippen LogP contribution in [0, 0.1) is 11.3 Å². The van der Waals surface area contributed by atoms with E-state index in [4.69, 9.17) is 10.8 Å². The van der Waals surface area contributed by atoms with Gasteiger partial charge in [0.2, 0.25) is 0 Å². The molecule has 0 amide bonds. The summed E-state index contributed by atoms with van der Waals surface area (Å²) < 4.78 is 1.29. The average molecular weight is 396 g/mol. The molecule has 0 fully saturated rings. The normalized spacial score (nSPS) is 17.0. The summed E-state index contributed by atoms with van der Waals surface area (Å²) in [7, 11) is 0. The molecule has 0 spiro atoms. The first-order valence-electron chi connectivity index (χ1n) is 10.2. The van der Waals surface area contributed by atoms with E-state index in [2.05, 4.69) is 45.0 Å². The van der Waals surface area contributed by atoms with Crippen molar-refractivity contribution in [3.05, 3.63) is 62.5 Å². The Labute approximate surface area is 170 Å². The maximum Gasteiger partial charge on any atom is 0.280 e. The standard InChI is InChI=1S/C23H29N3OS/c1-23(2,3)16-12-13-17-18(14-16)28-21-20(17)22(27)26(24)19(25-21)11-7-10-15-8-5-4-6-9-15/h4-6,8-9,16H,7,10-14,24H2,1-3H3. The third kappa shape index (κ3) is 3.60. The van der Waals surface area contributed by atoms with Crippen molar-refractivity contribution in [1.29, 1.82) is 0 Å². The zero-order valence-electron chi connectivity index (χ0n) is 17.0. The fourth-order valence-corrected chi connectivity index (χ4v) is 5.60. The molecule has 4 rings (SSSR count). The zero-order valence-corrected chi connectivity index (χ0v) is 17.8. The third-order valence-electron chi connectivity index (χ3n) is 6.12. The van der Waals surface area contributed by atoms with Gasteiger partial charge in [-0.1, -0.05) is 51.1 Å². The molecule has 2 N–H and O–H groups in total. The van der Waals surface area contributed by atoms with Gasteiger partial charge in [0.1, 0.15) is 10.7 Å². The van der Waals surface area contributed by atoms with E-state index in [1.54, 1.807) is 11.3 Å². The average Bonchev–Trinajstić information content (AvgIpc) is 3.03. The topological polar surface area (TPSA) is 60.9 Å². The van der Waals surface area contributed by atoms with Crippen molar-refractivity contribution in [2.24, 2.45) is 11.3 Å². The summed E-state index contributed by atoms with van der Waals surface area (Å²) in [6.45, 7) is 6.93. The number of benzene rings is 1. The molecule has 1 aromatic carbocycles. The number of nitrogens with zero attached hydrogens (tertiary/aromatic N) is 2. The first-order chi connectivity index (χ1) is 13.3. The van der Waals surface area contributed by atoms with Crippen LogP contribution in [0.5, 0.6) is 0 Å². The van der Waals surface area contributed by atoms with Crippen LogP contribution in [0.4, 0.5) is 0 Å². The minimum atomic E-state index is -0.0774. The monoisotopic (exact) mass is 395 g/mol. The van der Waals surface area contributed by atoms with Gasteiger partial charge in [-0.25, -0.2) is 9.66 Å². The van der Waals surface area contributed by atoms with Crippen LogP contribution in [0.3, 0.4) is 0 Å². The molecule has 4 nitrogen and oxygen atoms in total. The van der Waals surface area contributed by atoms with E-state index in [1.165, 1.54) is 20.7 Å². The van der Waals surface area contributed by atoms with Crippen molar-refractivity contribution in [3.8, 4) is 0 Å². The molecule has 0 bridgehead atoms. The molecule has 0 saturated heterocycles. The van der Waals surface area contributed by atoms with Crippen LogP contribution in [-0.4, -0.2) is 9.66 Å². The van der Waals surface area contributed by atoms with E-state index >= 15 is 0 Å². The molecule has 0 radical (unpaired) electrons. The molecule has 1 unspecified atom stereocenters. The molecule has 28 heavy (non-hydrogen) atoms. The molecule has 0 saturated carbocycles. The summed E-state index contributed by atoms with van der Waals surface area (Å²) in [5, 5.41) is 0.765. The lowest BCUT2D eigenvalue weighted by molar-refractivity contribution is 0.218. The Balaban J connectivity index is 1.60. The van der Waals surface area contributed by atoms with Crippen molar-refractivity contribution >= 4 is 21.6 Å². The number of nitrogen functional groups attached to an aromatic ring is 1. The van der Waals surface area contributed by atoms with Gasteiger partial charge in [-0.3, -0.25) is 4.79 Å². The summed E-state index contributed by atoms with van der Waals surface area (Å²) in [6.07, 6.45) is 5.74. The summed E-state index contributed by atoms with van der Waals surface area (Å²) in [4.78, 5) is 20.0. The highest BCUT2D eigenvalue weighted by atomic mass is 32.1. The van der Waals surface area contributed by atoms with Gasteiger partial charge < -0.3 is 5.84 Å². The SMILES string of the molecule is CC(C)(C)C1CCc2c(sc3nc(CCCc4ccccc4)n(N)c(=O)c23)C1. The van der Waals surface area contributed by atoms with E-state index in [0.29, 0.717) is 18.2 Å². The molecule has 2 aromatic heterocycles. The van der Waals surface area contributed by atoms with E-state index in [0.717, 1.165) is 42.3 Å². The molecule has 1 aliphatic carbocycles. The Bertz CT molecular complexity index is 1040. The smallest absolute Gasteiger partial charge is 0.280 e. The highest BCUT2D eigenvalue weighted by molar-refractivity contribution is 7.18. The molecule has 148 valence electrons. The lowest BCUT2D eigenvalue weighted by Crippen LogP contribution is -2.32. The molecule has 3 aromatic rings. The quantitative estimate of drug-likeness (QED) is 0.662. The van der Waals surface area contributed by atoms with Crippen molar-refractivity contribution in [1.82, 2.24) is 9.66 Å². The predicted octanol–water partition coefficient (Wildman–Crippen LogP) is 4.50. The Morgan fingerprint density at radius 3 is 2.68 bits per heavy atom. The van der Waals surface area contributed by atoms with Gasteiger partial charge in [0.25, 0.3) is 5.56 Å². The Kier molecular flexibility index (Phi) is 5.04. The highest BCUT2D eigenvalue weighted by Gasteiger charge is 2.32. The Morgan fingerprint density at radius 1 is 1.21 bits per heavy atom. The fraction of sp³-hybridized carbons (Fsp3) is 0.478. The van der Waals surface area contributed by atoms with Crippen molar-refractivity contribution in [2.75, 3.05) is 5.84 Å². The van der Waals surface area contributed by atoms with Gasteiger partial charge in [-0.2, -0.15) is 0 Å². The van der Waals surface area contributed by atoms with E-state index in [-0.39, 0.29) is 11.0 Å². The number of aromatic nitrogens is 2. The van der Waals surface area contributed by atoms with E-state index in [1.807, 2.05) is 6.07 Å². The maximum atomic E-state index is 13.0. The maximum absolute atomic E-state index is 13.0. The summed E-state index contributed by atoms with van der Waals surface area (Å²) in [6, 6.07) is 10.4. The molecule has 1 atom stereocenters. The molecule has 0 aliphatic heterocycles. The summed E-state index contributed by atoms with van der Waals surface area (Å²) in [5.74, 6) is 7.51. The minimum absolute atomic E-state index is 0.0774. The molecule has 1 aliphatic rings. The van der Waals surface area contributed by atoms with Crippen molar-refractivity contribution < 1.29 is 0 Å². The lowest BCUT2D eigenvalue weighted by Gasteiger charge is -2.33. The molecule has 2 heterocycles. The second kappa shape index (κ2) is 7.36. The van der Waals surface area contributed by atoms with Crippen LogP contribution >= 0.6 is 11.3 Å². The van der Waals surface area contributed by atoms with Gasteiger partial charge in [0.05, 0.1) is 5.39 Å².